The highest BCUT2D eigenvalue weighted by atomic mass is 79.9. The van der Waals surface area contributed by atoms with Gasteiger partial charge in [0.1, 0.15) is 0 Å². The van der Waals surface area contributed by atoms with Crippen LogP contribution < -0.4 is 5.32 Å². The summed E-state index contributed by atoms with van der Waals surface area (Å²) in [5.74, 6) is 0. The molecule has 0 aliphatic carbocycles. The van der Waals surface area contributed by atoms with Crippen molar-refractivity contribution in [1.82, 2.24) is 5.32 Å². The van der Waals surface area contributed by atoms with Crippen molar-refractivity contribution in [3.63, 3.8) is 0 Å². The second kappa shape index (κ2) is 7.48. The van der Waals surface area contributed by atoms with E-state index in [9.17, 15) is 10.1 Å². The molecular weight excluding hydrogens is 296 g/mol. The summed E-state index contributed by atoms with van der Waals surface area (Å²) in [6.45, 7) is 4.98. The molecule has 0 aliphatic rings. The predicted molar refractivity (Wildman–Crippen MR) is 76.6 cm³/mol. The van der Waals surface area contributed by atoms with E-state index in [0.29, 0.717) is 12.6 Å². The summed E-state index contributed by atoms with van der Waals surface area (Å²) >= 11 is 3.30. The van der Waals surface area contributed by atoms with Gasteiger partial charge in [0.05, 0.1) is 4.92 Å². The molecule has 1 rings (SSSR count). The van der Waals surface area contributed by atoms with Crippen LogP contribution >= 0.6 is 15.9 Å². The number of benzene rings is 1. The van der Waals surface area contributed by atoms with Crippen molar-refractivity contribution >= 4 is 21.6 Å². The average molecular weight is 315 g/mol. The number of nitro benzene ring substituents is 1. The number of rotatable bonds is 7. The molecule has 100 valence electrons. The van der Waals surface area contributed by atoms with Crippen molar-refractivity contribution < 1.29 is 4.92 Å². The summed E-state index contributed by atoms with van der Waals surface area (Å²) in [5.41, 5.74) is 1.07. The molecule has 0 aliphatic heterocycles. The van der Waals surface area contributed by atoms with E-state index in [1.807, 2.05) is 6.07 Å². The first-order chi connectivity index (χ1) is 8.56. The van der Waals surface area contributed by atoms with Crippen molar-refractivity contribution in [1.29, 1.82) is 0 Å². The standard InChI is InChI=1S/C13H19BrN2O2/c1-3-5-12(4-2)15-9-10-6-11(14)8-13(7-10)16(17)18/h6-8,12,15H,3-5,9H2,1-2H3. The van der Waals surface area contributed by atoms with Crippen molar-refractivity contribution in [3.05, 3.63) is 38.3 Å². The van der Waals surface area contributed by atoms with Crippen LogP contribution in [0.3, 0.4) is 0 Å². The Morgan fingerprint density at radius 2 is 2.11 bits per heavy atom. The van der Waals surface area contributed by atoms with Gasteiger partial charge in [0.25, 0.3) is 5.69 Å². The molecular formula is C13H19BrN2O2. The molecule has 1 aromatic carbocycles. The van der Waals surface area contributed by atoms with Crippen LogP contribution in [-0.2, 0) is 6.54 Å². The van der Waals surface area contributed by atoms with E-state index in [1.165, 1.54) is 6.07 Å². The Hall–Kier alpha value is -0.940. The van der Waals surface area contributed by atoms with Gasteiger partial charge in [-0.1, -0.05) is 36.2 Å². The van der Waals surface area contributed by atoms with Crippen LogP contribution in [0, 0.1) is 10.1 Å². The van der Waals surface area contributed by atoms with Gasteiger partial charge < -0.3 is 5.32 Å². The Labute approximate surface area is 116 Å². The molecule has 1 N–H and O–H groups in total. The molecule has 0 aromatic heterocycles. The quantitative estimate of drug-likeness (QED) is 0.610. The molecule has 0 spiro atoms. The van der Waals surface area contributed by atoms with Gasteiger partial charge in [0, 0.05) is 29.2 Å². The fourth-order valence-electron chi connectivity index (χ4n) is 1.90. The second-order valence-electron chi connectivity index (χ2n) is 4.35. The molecule has 0 bridgehead atoms. The summed E-state index contributed by atoms with van der Waals surface area (Å²) < 4.78 is 0.747. The smallest absolute Gasteiger partial charge is 0.270 e. The van der Waals surface area contributed by atoms with E-state index in [2.05, 4.69) is 35.1 Å². The zero-order chi connectivity index (χ0) is 13.5. The predicted octanol–water partition coefficient (Wildman–Crippen LogP) is 4.03. The Kier molecular flexibility index (Phi) is 6.29. The normalized spacial score (nSPS) is 12.4. The number of non-ortho nitro benzene ring substituents is 1. The molecule has 1 aromatic rings. The topological polar surface area (TPSA) is 55.2 Å². The summed E-state index contributed by atoms with van der Waals surface area (Å²) in [5, 5.41) is 14.2. The minimum absolute atomic E-state index is 0.129. The summed E-state index contributed by atoms with van der Waals surface area (Å²) in [6, 6.07) is 5.54. The van der Waals surface area contributed by atoms with Crippen LogP contribution in [0.15, 0.2) is 22.7 Å². The summed E-state index contributed by atoms with van der Waals surface area (Å²) in [4.78, 5) is 10.4. The average Bonchev–Trinajstić information content (AvgIpc) is 2.33. The Morgan fingerprint density at radius 1 is 1.39 bits per heavy atom. The third-order valence-electron chi connectivity index (χ3n) is 2.88. The van der Waals surface area contributed by atoms with Crippen LogP contribution in [0.4, 0.5) is 5.69 Å². The van der Waals surface area contributed by atoms with Crippen LogP contribution in [-0.4, -0.2) is 11.0 Å². The zero-order valence-electron chi connectivity index (χ0n) is 10.8. The lowest BCUT2D eigenvalue weighted by Crippen LogP contribution is -2.27. The maximum absolute atomic E-state index is 10.8. The lowest BCUT2D eigenvalue weighted by molar-refractivity contribution is -0.385. The van der Waals surface area contributed by atoms with Crippen LogP contribution in [0.5, 0.6) is 0 Å². The van der Waals surface area contributed by atoms with E-state index >= 15 is 0 Å². The molecule has 1 atom stereocenters. The minimum Gasteiger partial charge on any atom is -0.310 e. The SMILES string of the molecule is CCCC(CC)NCc1cc(Br)cc([N+](=O)[O-])c1. The van der Waals surface area contributed by atoms with Crippen LogP contribution in [0.2, 0.25) is 0 Å². The zero-order valence-corrected chi connectivity index (χ0v) is 12.4. The Balaban J connectivity index is 2.69. The maximum Gasteiger partial charge on any atom is 0.270 e. The number of hydrogen-bond acceptors (Lipinski definition) is 3. The van der Waals surface area contributed by atoms with Gasteiger partial charge in [-0.2, -0.15) is 0 Å². The van der Waals surface area contributed by atoms with E-state index in [0.717, 1.165) is 29.3 Å². The van der Waals surface area contributed by atoms with Gasteiger partial charge in [0.15, 0.2) is 0 Å². The Morgan fingerprint density at radius 3 is 2.67 bits per heavy atom. The van der Waals surface area contributed by atoms with Crippen molar-refractivity contribution in [3.8, 4) is 0 Å². The van der Waals surface area contributed by atoms with E-state index in [4.69, 9.17) is 0 Å². The fraction of sp³-hybridized carbons (Fsp3) is 0.538. The summed E-state index contributed by atoms with van der Waals surface area (Å²) in [7, 11) is 0. The molecule has 0 heterocycles. The van der Waals surface area contributed by atoms with E-state index < -0.39 is 0 Å². The van der Waals surface area contributed by atoms with Crippen molar-refractivity contribution in [2.24, 2.45) is 0 Å². The highest BCUT2D eigenvalue weighted by Crippen LogP contribution is 2.21. The van der Waals surface area contributed by atoms with Gasteiger partial charge in [0.2, 0.25) is 0 Å². The molecule has 0 saturated heterocycles. The van der Waals surface area contributed by atoms with Crippen LogP contribution in [0.25, 0.3) is 0 Å². The van der Waals surface area contributed by atoms with E-state index in [-0.39, 0.29) is 10.6 Å². The van der Waals surface area contributed by atoms with Crippen molar-refractivity contribution in [2.45, 2.75) is 45.7 Å². The molecule has 0 radical (unpaired) electrons. The molecule has 0 saturated carbocycles. The summed E-state index contributed by atoms with van der Waals surface area (Å²) in [6.07, 6.45) is 3.35. The Bertz CT molecular complexity index is 410. The lowest BCUT2D eigenvalue weighted by atomic mass is 10.1. The second-order valence-corrected chi connectivity index (χ2v) is 5.27. The molecule has 1 unspecified atom stereocenters. The molecule has 5 heteroatoms. The number of hydrogen-bond donors (Lipinski definition) is 1. The number of nitrogens with one attached hydrogen (secondary N) is 1. The van der Waals surface area contributed by atoms with Crippen LogP contribution in [0.1, 0.15) is 38.7 Å². The highest BCUT2D eigenvalue weighted by Gasteiger charge is 2.10. The highest BCUT2D eigenvalue weighted by molar-refractivity contribution is 9.10. The molecule has 0 fully saturated rings. The minimum atomic E-state index is -0.363. The molecule has 18 heavy (non-hydrogen) atoms. The number of halogens is 1. The fourth-order valence-corrected chi connectivity index (χ4v) is 2.43. The third-order valence-corrected chi connectivity index (χ3v) is 3.34. The lowest BCUT2D eigenvalue weighted by Gasteiger charge is -2.16. The third kappa shape index (κ3) is 4.74. The monoisotopic (exact) mass is 314 g/mol. The maximum atomic E-state index is 10.8. The van der Waals surface area contributed by atoms with Gasteiger partial charge in [-0.25, -0.2) is 0 Å². The molecule has 0 amide bonds. The molecule has 4 nitrogen and oxygen atoms in total. The largest absolute Gasteiger partial charge is 0.310 e. The number of nitro groups is 1. The van der Waals surface area contributed by atoms with Gasteiger partial charge in [-0.15, -0.1) is 0 Å². The first-order valence-electron chi connectivity index (χ1n) is 6.24. The van der Waals surface area contributed by atoms with Crippen molar-refractivity contribution in [2.75, 3.05) is 0 Å². The first-order valence-corrected chi connectivity index (χ1v) is 7.03. The first kappa shape index (κ1) is 15.1. The number of nitrogens with zero attached hydrogens (tertiary/aromatic N) is 1. The van der Waals surface area contributed by atoms with Gasteiger partial charge >= 0.3 is 0 Å². The van der Waals surface area contributed by atoms with Gasteiger partial charge in [-0.3, -0.25) is 10.1 Å². The van der Waals surface area contributed by atoms with Gasteiger partial charge in [-0.05, 0) is 24.5 Å². The van der Waals surface area contributed by atoms with E-state index in [1.54, 1.807) is 6.07 Å².